The largest absolute Gasteiger partial charge is 0.494 e. The molecule has 1 amide bonds. The van der Waals surface area contributed by atoms with E-state index in [1.807, 2.05) is 12.1 Å². The van der Waals surface area contributed by atoms with Crippen LogP contribution in [0, 0.1) is 0 Å². The molecule has 7 heteroatoms. The third-order valence-electron chi connectivity index (χ3n) is 5.22. The number of hydrogen-bond acceptors (Lipinski definition) is 3. The Hall–Kier alpha value is -2.24. The summed E-state index contributed by atoms with van der Waals surface area (Å²) in [6.45, 7) is 4.25. The molecule has 2 aromatic carbocycles. The number of nitrogens with zero attached hydrogens (tertiary/aromatic N) is 2. The van der Waals surface area contributed by atoms with Crippen LogP contribution in [-0.2, 0) is 0 Å². The van der Waals surface area contributed by atoms with Gasteiger partial charge in [-0.25, -0.2) is 0 Å². The quantitative estimate of drug-likeness (QED) is 0.436. The van der Waals surface area contributed by atoms with Crippen LogP contribution in [0.1, 0.15) is 68.8 Å². The summed E-state index contributed by atoms with van der Waals surface area (Å²) in [5.74, 6) is 0.283. The molecule has 1 heterocycles. The molecule has 0 aliphatic heterocycles. The van der Waals surface area contributed by atoms with Gasteiger partial charge in [-0.15, -0.1) is 0 Å². The van der Waals surface area contributed by atoms with Crippen LogP contribution in [0.15, 0.2) is 36.5 Å². The van der Waals surface area contributed by atoms with Gasteiger partial charge >= 0.3 is 0 Å². The highest BCUT2D eigenvalue weighted by molar-refractivity contribution is 6.42. The molecule has 0 atom stereocenters. The first-order chi connectivity index (χ1) is 15.0. The maximum atomic E-state index is 12.6. The minimum Gasteiger partial charge on any atom is -0.494 e. The van der Waals surface area contributed by atoms with Crippen LogP contribution in [0.25, 0.3) is 10.9 Å². The molecule has 1 N–H and O–H groups in total. The van der Waals surface area contributed by atoms with Crippen molar-refractivity contribution in [3.05, 3.63) is 52.1 Å². The number of hydrogen-bond donors (Lipinski definition) is 1. The highest BCUT2D eigenvalue weighted by atomic mass is 35.5. The van der Waals surface area contributed by atoms with Crippen molar-refractivity contribution in [2.24, 2.45) is 0 Å². The second kappa shape index (κ2) is 10.9. The van der Waals surface area contributed by atoms with E-state index >= 15 is 0 Å². The van der Waals surface area contributed by atoms with Gasteiger partial charge in [-0.2, -0.15) is 5.10 Å². The van der Waals surface area contributed by atoms with Crippen molar-refractivity contribution in [2.75, 3.05) is 12.4 Å². The Morgan fingerprint density at radius 2 is 1.84 bits per heavy atom. The van der Waals surface area contributed by atoms with Crippen molar-refractivity contribution in [1.82, 2.24) is 9.78 Å². The smallest absolute Gasteiger partial charge is 0.255 e. The van der Waals surface area contributed by atoms with Gasteiger partial charge in [-0.1, -0.05) is 62.7 Å². The zero-order valence-electron chi connectivity index (χ0n) is 18.3. The van der Waals surface area contributed by atoms with Gasteiger partial charge in [0.25, 0.3) is 5.91 Å². The lowest BCUT2D eigenvalue weighted by atomic mass is 9.96. The number of ether oxygens (including phenoxy) is 1. The van der Waals surface area contributed by atoms with E-state index in [9.17, 15) is 4.79 Å². The van der Waals surface area contributed by atoms with E-state index in [-0.39, 0.29) is 5.91 Å². The zero-order valence-corrected chi connectivity index (χ0v) is 19.8. The summed E-state index contributed by atoms with van der Waals surface area (Å²) in [6, 6.07) is 8.99. The third-order valence-corrected chi connectivity index (χ3v) is 5.96. The molecule has 1 aromatic heterocycles. The molecular formula is C24H29Cl2N3O2. The van der Waals surface area contributed by atoms with Crippen LogP contribution < -0.4 is 10.1 Å². The molecule has 3 aromatic rings. The Kier molecular flexibility index (Phi) is 8.22. The minimum atomic E-state index is -0.282. The molecule has 4 rings (SSSR count). The van der Waals surface area contributed by atoms with E-state index in [4.69, 9.17) is 33.0 Å². The number of carbonyl (C=O) groups is 1. The Morgan fingerprint density at radius 3 is 2.48 bits per heavy atom. The topological polar surface area (TPSA) is 56.1 Å². The van der Waals surface area contributed by atoms with Crippen LogP contribution in [0.2, 0.25) is 10.0 Å². The molecule has 0 radical (unpaired) electrons. The van der Waals surface area contributed by atoms with Gasteiger partial charge in [0.2, 0.25) is 0 Å². The molecule has 0 unspecified atom stereocenters. The number of amides is 1. The first-order valence-electron chi connectivity index (χ1n) is 10.8. The lowest BCUT2D eigenvalue weighted by molar-refractivity contribution is 0.102. The molecular weight excluding hydrogens is 433 g/mol. The van der Waals surface area contributed by atoms with Gasteiger partial charge in [0.05, 0.1) is 34.4 Å². The molecule has 166 valence electrons. The number of nitrogens with one attached hydrogen (secondary N) is 1. The molecule has 31 heavy (non-hydrogen) atoms. The summed E-state index contributed by atoms with van der Waals surface area (Å²) < 4.78 is 7.54. The summed E-state index contributed by atoms with van der Waals surface area (Å²) >= 11 is 12.0. The van der Waals surface area contributed by atoms with Crippen molar-refractivity contribution in [1.29, 1.82) is 0 Å². The Bertz CT molecular complexity index is 1040. The number of methoxy groups -OCH3 is 1. The third kappa shape index (κ3) is 5.72. The average molecular weight is 462 g/mol. The second-order valence-corrected chi connectivity index (χ2v) is 8.62. The van der Waals surface area contributed by atoms with Crippen LogP contribution in [0.4, 0.5) is 5.69 Å². The summed E-state index contributed by atoms with van der Waals surface area (Å²) in [4.78, 5) is 12.6. The SMILES string of the molecule is CCC.COc1cc2nn(C3CCCCC3)cc2cc1NC(=O)c1ccc(Cl)c(Cl)c1. The summed E-state index contributed by atoms with van der Waals surface area (Å²) in [5, 5.41) is 9.36. The van der Waals surface area contributed by atoms with Gasteiger partial charge in [-0.3, -0.25) is 9.48 Å². The lowest BCUT2D eigenvalue weighted by Crippen LogP contribution is -2.12. The predicted molar refractivity (Wildman–Crippen MR) is 129 cm³/mol. The average Bonchev–Trinajstić information content (AvgIpc) is 3.19. The normalized spacial score (nSPS) is 14.1. The predicted octanol–water partition coefficient (Wildman–Crippen LogP) is 7.53. The number of halogens is 2. The number of anilines is 1. The fourth-order valence-electron chi connectivity index (χ4n) is 3.70. The van der Waals surface area contributed by atoms with Gasteiger partial charge in [0, 0.05) is 23.2 Å². The second-order valence-electron chi connectivity index (χ2n) is 7.80. The zero-order chi connectivity index (χ0) is 22.4. The maximum absolute atomic E-state index is 12.6. The van der Waals surface area contributed by atoms with E-state index in [0.717, 1.165) is 23.7 Å². The number of benzene rings is 2. The summed E-state index contributed by atoms with van der Waals surface area (Å²) in [7, 11) is 1.58. The van der Waals surface area contributed by atoms with Crippen LogP contribution in [0.3, 0.4) is 0 Å². The molecule has 0 spiro atoms. The van der Waals surface area contributed by atoms with Crippen LogP contribution in [0.5, 0.6) is 5.75 Å². The molecule has 1 aliphatic rings. The van der Waals surface area contributed by atoms with Crippen molar-refractivity contribution in [2.45, 2.75) is 58.4 Å². The maximum Gasteiger partial charge on any atom is 0.255 e. The Morgan fingerprint density at radius 1 is 1.13 bits per heavy atom. The summed E-state index contributed by atoms with van der Waals surface area (Å²) in [6.07, 6.45) is 9.41. The van der Waals surface area contributed by atoms with Gasteiger partial charge in [0.15, 0.2) is 0 Å². The van der Waals surface area contributed by atoms with Gasteiger partial charge in [0.1, 0.15) is 5.75 Å². The standard InChI is InChI=1S/C21H21Cl2N3O2.C3H8/c1-28-20-11-18-14(12-26(25-18)15-5-3-2-4-6-15)10-19(20)24-21(27)13-7-8-16(22)17(23)9-13;1-3-2/h7-12,15H,2-6H2,1H3,(H,24,27);3H2,1-2H3. The van der Waals surface area contributed by atoms with E-state index < -0.39 is 0 Å². The van der Waals surface area contributed by atoms with E-state index in [1.54, 1.807) is 25.3 Å². The van der Waals surface area contributed by atoms with Crippen LogP contribution in [-0.4, -0.2) is 22.8 Å². The molecule has 1 fully saturated rings. The van der Waals surface area contributed by atoms with Crippen molar-refractivity contribution in [3.8, 4) is 5.75 Å². The minimum absolute atomic E-state index is 0.282. The number of fused-ring (bicyclic) bond motifs is 1. The van der Waals surface area contributed by atoms with Crippen molar-refractivity contribution in [3.63, 3.8) is 0 Å². The fourth-order valence-corrected chi connectivity index (χ4v) is 4.00. The van der Waals surface area contributed by atoms with E-state index in [2.05, 4.69) is 30.0 Å². The van der Waals surface area contributed by atoms with Crippen LogP contribution >= 0.6 is 23.2 Å². The number of carbonyl (C=O) groups excluding carboxylic acids is 1. The summed E-state index contributed by atoms with van der Waals surface area (Å²) in [5.41, 5.74) is 1.87. The Labute approximate surface area is 193 Å². The van der Waals surface area contributed by atoms with E-state index in [0.29, 0.717) is 33.1 Å². The van der Waals surface area contributed by atoms with Crippen molar-refractivity contribution < 1.29 is 9.53 Å². The first kappa shape index (κ1) is 23.4. The Balaban J connectivity index is 0.000000858. The highest BCUT2D eigenvalue weighted by Gasteiger charge is 2.18. The van der Waals surface area contributed by atoms with Crippen molar-refractivity contribution >= 4 is 45.7 Å². The lowest BCUT2D eigenvalue weighted by Gasteiger charge is -2.21. The molecule has 0 saturated heterocycles. The molecule has 5 nitrogen and oxygen atoms in total. The number of rotatable bonds is 4. The number of aromatic nitrogens is 2. The molecule has 0 bridgehead atoms. The van der Waals surface area contributed by atoms with Gasteiger partial charge in [-0.05, 0) is 37.1 Å². The molecule has 1 aliphatic carbocycles. The van der Waals surface area contributed by atoms with Gasteiger partial charge < -0.3 is 10.1 Å². The first-order valence-corrected chi connectivity index (χ1v) is 11.6. The molecule has 1 saturated carbocycles. The van der Waals surface area contributed by atoms with E-state index in [1.165, 1.54) is 25.7 Å². The highest BCUT2D eigenvalue weighted by Crippen LogP contribution is 2.33. The monoisotopic (exact) mass is 461 g/mol. The fraction of sp³-hybridized carbons (Fsp3) is 0.417.